The van der Waals surface area contributed by atoms with Crippen molar-refractivity contribution >= 4 is 11.6 Å². The second kappa shape index (κ2) is 6.21. The molecule has 0 unspecified atom stereocenters. The largest absolute Gasteiger partial charge is 0.368 e. The molecule has 1 aliphatic heterocycles. The van der Waals surface area contributed by atoms with Crippen molar-refractivity contribution < 1.29 is 4.79 Å². The summed E-state index contributed by atoms with van der Waals surface area (Å²) in [7, 11) is 0. The molecular formula is C22H26N2O. The van der Waals surface area contributed by atoms with Crippen LogP contribution in [0.25, 0.3) is 0 Å². The molecule has 3 heteroatoms. The Balaban J connectivity index is 1.46. The summed E-state index contributed by atoms with van der Waals surface area (Å²) in [6.45, 7) is 7.83. The van der Waals surface area contributed by atoms with E-state index >= 15 is 0 Å². The Morgan fingerprint density at radius 2 is 1.56 bits per heavy atom. The number of benzene rings is 2. The van der Waals surface area contributed by atoms with Gasteiger partial charge in [-0.1, -0.05) is 42.5 Å². The number of carbonyl (C=O) groups excluding carboxylic acids is 1. The lowest BCUT2D eigenvalue weighted by atomic mass is 9.94. The summed E-state index contributed by atoms with van der Waals surface area (Å²) < 4.78 is 0. The molecular weight excluding hydrogens is 308 g/mol. The molecule has 1 amide bonds. The standard InChI is InChI=1S/C22H26N2O/c1-17-7-6-10-20(18(17)2)23-13-15-24(16-14-23)21(25)22(11-12-22)19-8-4-3-5-9-19/h3-10H,11-16H2,1-2H3. The van der Waals surface area contributed by atoms with Crippen molar-refractivity contribution in [1.29, 1.82) is 0 Å². The van der Waals surface area contributed by atoms with Crippen LogP contribution in [0.3, 0.4) is 0 Å². The minimum Gasteiger partial charge on any atom is -0.368 e. The van der Waals surface area contributed by atoms with Crippen LogP contribution >= 0.6 is 0 Å². The molecule has 0 bridgehead atoms. The van der Waals surface area contributed by atoms with Gasteiger partial charge in [-0.2, -0.15) is 0 Å². The third-order valence-electron chi connectivity index (χ3n) is 5.97. The van der Waals surface area contributed by atoms with E-state index in [0.717, 1.165) is 39.0 Å². The maximum Gasteiger partial charge on any atom is 0.233 e. The average Bonchev–Trinajstić information content (AvgIpc) is 3.46. The number of rotatable bonds is 3. The van der Waals surface area contributed by atoms with Gasteiger partial charge in [-0.05, 0) is 49.4 Å². The van der Waals surface area contributed by atoms with Crippen LogP contribution < -0.4 is 4.90 Å². The molecule has 2 aromatic rings. The van der Waals surface area contributed by atoms with Crippen LogP contribution in [0, 0.1) is 13.8 Å². The van der Waals surface area contributed by atoms with Crippen molar-refractivity contribution in [1.82, 2.24) is 4.90 Å². The fraction of sp³-hybridized carbons (Fsp3) is 0.409. The second-order valence-corrected chi connectivity index (χ2v) is 7.45. The van der Waals surface area contributed by atoms with E-state index in [1.807, 2.05) is 18.2 Å². The van der Waals surface area contributed by atoms with Gasteiger partial charge in [-0.15, -0.1) is 0 Å². The maximum atomic E-state index is 13.2. The maximum absolute atomic E-state index is 13.2. The van der Waals surface area contributed by atoms with Gasteiger partial charge in [-0.3, -0.25) is 4.79 Å². The molecule has 2 fully saturated rings. The van der Waals surface area contributed by atoms with Crippen LogP contribution in [0.1, 0.15) is 29.5 Å². The Hall–Kier alpha value is -2.29. The van der Waals surface area contributed by atoms with Crippen LogP contribution in [0.15, 0.2) is 48.5 Å². The number of hydrogen-bond acceptors (Lipinski definition) is 2. The van der Waals surface area contributed by atoms with E-state index in [0.29, 0.717) is 5.91 Å². The van der Waals surface area contributed by atoms with Crippen LogP contribution in [0.5, 0.6) is 0 Å². The van der Waals surface area contributed by atoms with Crippen molar-refractivity contribution in [2.45, 2.75) is 32.1 Å². The Kier molecular flexibility index (Phi) is 4.03. The molecule has 130 valence electrons. The first-order valence-corrected chi connectivity index (χ1v) is 9.28. The summed E-state index contributed by atoms with van der Waals surface area (Å²) >= 11 is 0. The van der Waals surface area contributed by atoms with Gasteiger partial charge in [0.25, 0.3) is 0 Å². The van der Waals surface area contributed by atoms with E-state index in [9.17, 15) is 4.79 Å². The zero-order valence-electron chi connectivity index (χ0n) is 15.2. The minimum atomic E-state index is -0.233. The molecule has 25 heavy (non-hydrogen) atoms. The van der Waals surface area contributed by atoms with Crippen molar-refractivity contribution in [3.8, 4) is 0 Å². The topological polar surface area (TPSA) is 23.6 Å². The van der Waals surface area contributed by atoms with Gasteiger partial charge in [0.15, 0.2) is 0 Å². The van der Waals surface area contributed by atoms with Crippen molar-refractivity contribution in [2.75, 3.05) is 31.1 Å². The van der Waals surface area contributed by atoms with Gasteiger partial charge in [0.1, 0.15) is 0 Å². The molecule has 1 saturated carbocycles. The summed E-state index contributed by atoms with van der Waals surface area (Å²) in [5.74, 6) is 0.333. The van der Waals surface area contributed by atoms with Crippen LogP contribution in [-0.2, 0) is 10.2 Å². The lowest BCUT2D eigenvalue weighted by molar-refractivity contribution is -0.134. The first kappa shape index (κ1) is 16.2. The van der Waals surface area contributed by atoms with E-state index in [2.05, 4.69) is 54.0 Å². The molecule has 1 saturated heterocycles. The molecule has 0 aromatic heterocycles. The van der Waals surface area contributed by atoms with Gasteiger partial charge in [0.05, 0.1) is 5.41 Å². The summed E-state index contributed by atoms with van der Waals surface area (Å²) in [6.07, 6.45) is 1.99. The number of carbonyl (C=O) groups is 1. The van der Waals surface area contributed by atoms with E-state index in [1.165, 1.54) is 22.4 Å². The Morgan fingerprint density at radius 1 is 0.880 bits per heavy atom. The highest BCUT2D eigenvalue weighted by Gasteiger charge is 2.53. The summed E-state index contributed by atoms with van der Waals surface area (Å²) in [6, 6.07) is 16.8. The molecule has 4 rings (SSSR count). The van der Waals surface area contributed by atoms with E-state index in [1.54, 1.807) is 0 Å². The Bertz CT molecular complexity index is 772. The van der Waals surface area contributed by atoms with Crippen LogP contribution in [-0.4, -0.2) is 37.0 Å². The highest BCUT2D eigenvalue weighted by atomic mass is 16.2. The summed E-state index contributed by atoms with van der Waals surface area (Å²) in [4.78, 5) is 17.7. The van der Waals surface area contributed by atoms with Crippen LogP contribution in [0.2, 0.25) is 0 Å². The number of nitrogens with zero attached hydrogens (tertiary/aromatic N) is 2. The lowest BCUT2D eigenvalue weighted by Gasteiger charge is -2.38. The zero-order valence-corrected chi connectivity index (χ0v) is 15.2. The van der Waals surface area contributed by atoms with Gasteiger partial charge in [-0.25, -0.2) is 0 Å². The quantitative estimate of drug-likeness (QED) is 0.855. The predicted molar refractivity (Wildman–Crippen MR) is 102 cm³/mol. The van der Waals surface area contributed by atoms with Crippen LogP contribution in [0.4, 0.5) is 5.69 Å². The summed E-state index contributed by atoms with van der Waals surface area (Å²) in [5.41, 5.74) is 4.96. The van der Waals surface area contributed by atoms with Gasteiger partial charge in [0, 0.05) is 31.9 Å². The van der Waals surface area contributed by atoms with Gasteiger partial charge < -0.3 is 9.80 Å². The molecule has 0 atom stereocenters. The molecule has 2 aromatic carbocycles. The third-order valence-corrected chi connectivity index (χ3v) is 5.97. The number of anilines is 1. The molecule has 3 nitrogen and oxygen atoms in total. The highest BCUT2D eigenvalue weighted by Crippen LogP contribution is 2.49. The number of piperazine rings is 1. The van der Waals surface area contributed by atoms with Crippen molar-refractivity contribution in [2.24, 2.45) is 0 Å². The fourth-order valence-electron chi connectivity index (χ4n) is 4.04. The van der Waals surface area contributed by atoms with Crippen molar-refractivity contribution in [3.05, 3.63) is 65.2 Å². The third kappa shape index (κ3) is 2.82. The molecule has 2 aliphatic rings. The normalized spacial score (nSPS) is 19.0. The zero-order chi connectivity index (χ0) is 17.4. The molecule has 1 aliphatic carbocycles. The van der Waals surface area contributed by atoms with E-state index in [-0.39, 0.29) is 5.41 Å². The molecule has 0 spiro atoms. The molecule has 1 heterocycles. The van der Waals surface area contributed by atoms with Crippen molar-refractivity contribution in [3.63, 3.8) is 0 Å². The average molecular weight is 334 g/mol. The predicted octanol–water partition coefficient (Wildman–Crippen LogP) is 3.68. The van der Waals surface area contributed by atoms with Gasteiger partial charge >= 0.3 is 0 Å². The Labute approximate surface area is 150 Å². The van der Waals surface area contributed by atoms with Gasteiger partial charge in [0.2, 0.25) is 5.91 Å². The minimum absolute atomic E-state index is 0.233. The van der Waals surface area contributed by atoms with E-state index in [4.69, 9.17) is 0 Å². The fourth-order valence-corrected chi connectivity index (χ4v) is 4.04. The first-order valence-electron chi connectivity index (χ1n) is 9.28. The second-order valence-electron chi connectivity index (χ2n) is 7.45. The number of hydrogen-bond donors (Lipinski definition) is 0. The highest BCUT2D eigenvalue weighted by molar-refractivity contribution is 5.91. The summed E-state index contributed by atoms with van der Waals surface area (Å²) in [5, 5.41) is 0. The molecule has 0 N–H and O–H groups in total. The SMILES string of the molecule is Cc1cccc(N2CCN(C(=O)C3(c4ccccc4)CC3)CC2)c1C. The lowest BCUT2D eigenvalue weighted by Crippen LogP contribution is -2.51. The monoisotopic (exact) mass is 334 g/mol. The van der Waals surface area contributed by atoms with E-state index < -0.39 is 0 Å². The first-order chi connectivity index (χ1) is 12.1. The number of aryl methyl sites for hydroxylation is 1. The number of amides is 1. The molecule has 0 radical (unpaired) electrons. The smallest absolute Gasteiger partial charge is 0.233 e. The Morgan fingerprint density at radius 3 is 2.20 bits per heavy atom.